The van der Waals surface area contributed by atoms with E-state index < -0.39 is 0 Å². The molecule has 1 saturated carbocycles. The van der Waals surface area contributed by atoms with Crippen molar-refractivity contribution in [3.05, 3.63) is 35.4 Å². The minimum Gasteiger partial charge on any atom is -0.352 e. The van der Waals surface area contributed by atoms with Gasteiger partial charge >= 0.3 is 0 Å². The molecular formula is C15H19N3O3. The monoisotopic (exact) mass is 289 g/mol. The minimum atomic E-state index is -0.388. The molecule has 1 aliphatic carbocycles. The zero-order valence-electron chi connectivity index (χ0n) is 11.9. The molecule has 1 fully saturated rings. The lowest BCUT2D eigenvalue weighted by Crippen LogP contribution is -2.42. The molecule has 0 saturated heterocycles. The molecule has 6 nitrogen and oxygen atoms in total. The van der Waals surface area contributed by atoms with Crippen LogP contribution in [-0.4, -0.2) is 36.9 Å². The average Bonchev–Trinajstić information content (AvgIpc) is 3.27. The molecule has 0 aliphatic heterocycles. The standard InChI is InChI=1S/C15H19N3O3/c1-10-2-4-11(5-3-10)15(21)17-8-13(19)16-9-14(20)18-12-6-7-12/h2-5,12H,6-9H2,1H3,(H,16,19)(H,17,21)(H,18,20). The summed E-state index contributed by atoms with van der Waals surface area (Å²) in [6.07, 6.45) is 2.01. The maximum atomic E-state index is 11.8. The molecule has 1 aromatic carbocycles. The van der Waals surface area contributed by atoms with E-state index in [0.29, 0.717) is 5.56 Å². The Bertz CT molecular complexity index is 536. The lowest BCUT2D eigenvalue weighted by Gasteiger charge is -2.07. The van der Waals surface area contributed by atoms with Crippen LogP contribution in [0.25, 0.3) is 0 Å². The van der Waals surface area contributed by atoms with Crippen LogP contribution in [0, 0.1) is 6.92 Å². The normalized spacial score (nSPS) is 13.4. The number of carbonyl (C=O) groups excluding carboxylic acids is 3. The van der Waals surface area contributed by atoms with E-state index in [4.69, 9.17) is 0 Å². The zero-order valence-corrected chi connectivity index (χ0v) is 11.9. The average molecular weight is 289 g/mol. The molecule has 1 aromatic rings. The molecule has 112 valence electrons. The number of benzene rings is 1. The van der Waals surface area contributed by atoms with E-state index in [1.807, 2.05) is 19.1 Å². The van der Waals surface area contributed by atoms with Gasteiger partial charge in [0.15, 0.2) is 0 Å². The Labute approximate surface area is 123 Å². The van der Waals surface area contributed by atoms with Crippen molar-refractivity contribution < 1.29 is 14.4 Å². The van der Waals surface area contributed by atoms with Gasteiger partial charge in [-0.15, -0.1) is 0 Å². The molecule has 0 radical (unpaired) electrons. The molecule has 0 atom stereocenters. The van der Waals surface area contributed by atoms with Crippen LogP contribution < -0.4 is 16.0 Å². The third kappa shape index (κ3) is 5.25. The number of nitrogens with one attached hydrogen (secondary N) is 3. The largest absolute Gasteiger partial charge is 0.352 e. The molecule has 0 bridgehead atoms. The number of carbonyl (C=O) groups is 3. The zero-order chi connectivity index (χ0) is 15.2. The highest BCUT2D eigenvalue weighted by molar-refractivity contribution is 5.96. The predicted molar refractivity (Wildman–Crippen MR) is 77.7 cm³/mol. The highest BCUT2D eigenvalue weighted by Gasteiger charge is 2.23. The van der Waals surface area contributed by atoms with Gasteiger partial charge < -0.3 is 16.0 Å². The van der Waals surface area contributed by atoms with Gasteiger partial charge in [-0.1, -0.05) is 17.7 Å². The topological polar surface area (TPSA) is 87.3 Å². The first-order valence-electron chi connectivity index (χ1n) is 6.95. The summed E-state index contributed by atoms with van der Waals surface area (Å²) in [5.74, 6) is -0.898. The summed E-state index contributed by atoms with van der Waals surface area (Å²) in [4.78, 5) is 34.7. The van der Waals surface area contributed by atoms with Crippen molar-refractivity contribution in [3.63, 3.8) is 0 Å². The summed E-state index contributed by atoms with van der Waals surface area (Å²) >= 11 is 0. The second-order valence-electron chi connectivity index (χ2n) is 5.17. The van der Waals surface area contributed by atoms with E-state index >= 15 is 0 Å². The fourth-order valence-corrected chi connectivity index (χ4v) is 1.72. The summed E-state index contributed by atoms with van der Waals surface area (Å²) in [6, 6.07) is 7.33. The fourth-order valence-electron chi connectivity index (χ4n) is 1.72. The molecule has 0 heterocycles. The van der Waals surface area contributed by atoms with E-state index in [0.717, 1.165) is 18.4 Å². The van der Waals surface area contributed by atoms with Crippen molar-refractivity contribution in [2.75, 3.05) is 13.1 Å². The van der Waals surface area contributed by atoms with E-state index in [2.05, 4.69) is 16.0 Å². The Hall–Kier alpha value is -2.37. The highest BCUT2D eigenvalue weighted by Crippen LogP contribution is 2.18. The Kier molecular flexibility index (Phi) is 4.92. The molecule has 0 aromatic heterocycles. The molecular weight excluding hydrogens is 270 g/mol. The molecule has 2 rings (SSSR count). The fraction of sp³-hybridized carbons (Fsp3) is 0.400. The van der Waals surface area contributed by atoms with Crippen LogP contribution in [0.3, 0.4) is 0 Å². The molecule has 21 heavy (non-hydrogen) atoms. The first kappa shape index (κ1) is 15.0. The van der Waals surface area contributed by atoms with E-state index in [1.54, 1.807) is 12.1 Å². The molecule has 1 aliphatic rings. The van der Waals surface area contributed by atoms with Gasteiger partial charge in [-0.25, -0.2) is 0 Å². The van der Waals surface area contributed by atoms with Crippen LogP contribution >= 0.6 is 0 Å². The maximum Gasteiger partial charge on any atom is 0.251 e. The smallest absolute Gasteiger partial charge is 0.251 e. The first-order chi connectivity index (χ1) is 10.0. The number of amides is 3. The predicted octanol–water partition coefficient (Wildman–Crippen LogP) is 0.120. The van der Waals surface area contributed by atoms with Crippen LogP contribution in [-0.2, 0) is 9.59 Å². The molecule has 3 N–H and O–H groups in total. The van der Waals surface area contributed by atoms with Gasteiger partial charge in [-0.3, -0.25) is 14.4 Å². The lowest BCUT2D eigenvalue weighted by atomic mass is 10.1. The summed E-state index contributed by atoms with van der Waals surface area (Å²) in [7, 11) is 0. The van der Waals surface area contributed by atoms with Crippen molar-refractivity contribution in [3.8, 4) is 0 Å². The Morgan fingerprint density at radius 2 is 1.62 bits per heavy atom. The minimum absolute atomic E-state index is 0.0598. The van der Waals surface area contributed by atoms with Crippen molar-refractivity contribution in [2.45, 2.75) is 25.8 Å². The lowest BCUT2D eigenvalue weighted by molar-refractivity contribution is -0.125. The van der Waals surface area contributed by atoms with Gasteiger partial charge in [0, 0.05) is 11.6 Å². The first-order valence-corrected chi connectivity index (χ1v) is 6.95. The number of hydrogen-bond acceptors (Lipinski definition) is 3. The number of hydrogen-bond donors (Lipinski definition) is 3. The van der Waals surface area contributed by atoms with Gasteiger partial charge in [-0.05, 0) is 31.9 Å². The summed E-state index contributed by atoms with van der Waals surface area (Å²) < 4.78 is 0. The Morgan fingerprint density at radius 1 is 1.00 bits per heavy atom. The van der Waals surface area contributed by atoms with E-state index in [-0.39, 0.29) is 36.9 Å². The molecule has 0 unspecified atom stereocenters. The van der Waals surface area contributed by atoms with Gasteiger partial charge in [-0.2, -0.15) is 0 Å². The third-order valence-corrected chi connectivity index (χ3v) is 3.11. The molecule has 0 spiro atoms. The second kappa shape index (κ2) is 6.88. The summed E-state index contributed by atoms with van der Waals surface area (Å²) in [6.45, 7) is 1.72. The molecule has 3 amide bonds. The summed E-state index contributed by atoms with van der Waals surface area (Å²) in [5, 5.41) is 7.74. The third-order valence-electron chi connectivity index (χ3n) is 3.11. The van der Waals surface area contributed by atoms with Gasteiger partial charge in [0.1, 0.15) is 0 Å². The van der Waals surface area contributed by atoms with Crippen LogP contribution in [0.2, 0.25) is 0 Å². The number of rotatable bonds is 6. The SMILES string of the molecule is Cc1ccc(C(=O)NCC(=O)NCC(=O)NC2CC2)cc1. The summed E-state index contributed by atoms with van der Waals surface area (Å²) in [5.41, 5.74) is 1.56. The van der Waals surface area contributed by atoms with Crippen molar-refractivity contribution in [1.82, 2.24) is 16.0 Å². The van der Waals surface area contributed by atoms with Crippen LogP contribution in [0.15, 0.2) is 24.3 Å². The van der Waals surface area contributed by atoms with E-state index in [9.17, 15) is 14.4 Å². The van der Waals surface area contributed by atoms with Gasteiger partial charge in [0.05, 0.1) is 13.1 Å². The quantitative estimate of drug-likeness (QED) is 0.695. The van der Waals surface area contributed by atoms with Gasteiger partial charge in [0.25, 0.3) is 5.91 Å². The van der Waals surface area contributed by atoms with Crippen molar-refractivity contribution >= 4 is 17.7 Å². The Morgan fingerprint density at radius 3 is 2.24 bits per heavy atom. The van der Waals surface area contributed by atoms with Crippen LogP contribution in [0.5, 0.6) is 0 Å². The van der Waals surface area contributed by atoms with Crippen molar-refractivity contribution in [1.29, 1.82) is 0 Å². The second-order valence-corrected chi connectivity index (χ2v) is 5.17. The maximum absolute atomic E-state index is 11.8. The van der Waals surface area contributed by atoms with Crippen molar-refractivity contribution in [2.24, 2.45) is 0 Å². The van der Waals surface area contributed by atoms with Crippen LogP contribution in [0.1, 0.15) is 28.8 Å². The Balaban J connectivity index is 1.66. The molecule has 6 heteroatoms. The number of aryl methyl sites for hydroxylation is 1. The van der Waals surface area contributed by atoms with Gasteiger partial charge in [0.2, 0.25) is 11.8 Å². The van der Waals surface area contributed by atoms with Crippen LogP contribution in [0.4, 0.5) is 0 Å². The van der Waals surface area contributed by atoms with E-state index in [1.165, 1.54) is 0 Å². The highest BCUT2D eigenvalue weighted by atomic mass is 16.2.